The van der Waals surface area contributed by atoms with Gasteiger partial charge in [-0.05, 0) is 36.5 Å². The molecule has 0 aromatic heterocycles. The maximum Gasteiger partial charge on any atom is 0.203 e. The van der Waals surface area contributed by atoms with E-state index in [1.807, 2.05) is 12.1 Å². The predicted octanol–water partition coefficient (Wildman–Crippen LogP) is 2.37. The van der Waals surface area contributed by atoms with Crippen LogP contribution in [-0.4, -0.2) is 27.1 Å². The van der Waals surface area contributed by atoms with Crippen molar-refractivity contribution in [3.05, 3.63) is 17.7 Å². The highest BCUT2D eigenvalue weighted by Crippen LogP contribution is 2.40. The van der Waals surface area contributed by atoms with Crippen LogP contribution in [0.25, 0.3) is 0 Å². The van der Waals surface area contributed by atoms with Crippen LogP contribution in [0.5, 0.6) is 17.2 Å². The Hall–Kier alpha value is -2.22. The summed E-state index contributed by atoms with van der Waals surface area (Å²) < 4.78 is 15.9. The molecule has 1 fully saturated rings. The van der Waals surface area contributed by atoms with Gasteiger partial charge in [-0.2, -0.15) is 5.26 Å². The first-order valence-electron chi connectivity index (χ1n) is 6.85. The molecule has 1 aliphatic rings. The Kier molecular flexibility index (Phi) is 4.69. The van der Waals surface area contributed by atoms with E-state index < -0.39 is 5.92 Å². The zero-order chi connectivity index (χ0) is 15.4. The molecule has 0 spiro atoms. The topological polar surface area (TPSA) is 68.6 Å². The molecule has 5 heteroatoms. The first kappa shape index (κ1) is 15.2. The number of nitrogens with zero attached hydrogens (tertiary/aromatic N) is 1. The second kappa shape index (κ2) is 6.49. The van der Waals surface area contributed by atoms with Crippen molar-refractivity contribution in [2.45, 2.75) is 19.3 Å². The number of methoxy groups -OCH3 is 3. The number of ether oxygens (including phenoxy) is 3. The third-order valence-electron chi connectivity index (χ3n) is 3.94. The van der Waals surface area contributed by atoms with Crippen molar-refractivity contribution in [3.63, 3.8) is 0 Å². The zero-order valence-corrected chi connectivity index (χ0v) is 12.5. The van der Waals surface area contributed by atoms with E-state index in [1.165, 1.54) is 0 Å². The van der Waals surface area contributed by atoms with Gasteiger partial charge in [-0.15, -0.1) is 0 Å². The quantitative estimate of drug-likeness (QED) is 0.832. The first-order valence-corrected chi connectivity index (χ1v) is 6.85. The summed E-state index contributed by atoms with van der Waals surface area (Å²) in [4.78, 5) is 11.7. The van der Waals surface area contributed by atoms with Crippen LogP contribution in [0, 0.1) is 23.2 Å². The molecule has 0 saturated heterocycles. The van der Waals surface area contributed by atoms with E-state index in [2.05, 4.69) is 6.07 Å². The number of hydrogen-bond donors (Lipinski definition) is 0. The maximum atomic E-state index is 11.7. The summed E-state index contributed by atoms with van der Waals surface area (Å²) in [7, 11) is 4.69. The lowest BCUT2D eigenvalue weighted by molar-refractivity contribution is -0.119. The highest BCUT2D eigenvalue weighted by molar-refractivity contribution is 5.85. The van der Waals surface area contributed by atoms with Crippen molar-refractivity contribution in [2.75, 3.05) is 21.3 Å². The minimum atomic E-state index is -0.496. The summed E-state index contributed by atoms with van der Waals surface area (Å²) in [6, 6.07) is 5.87. The number of nitriles is 1. The van der Waals surface area contributed by atoms with Crippen molar-refractivity contribution in [3.8, 4) is 23.3 Å². The van der Waals surface area contributed by atoms with Crippen LogP contribution >= 0.6 is 0 Å². The molecular weight excluding hydrogens is 270 g/mol. The van der Waals surface area contributed by atoms with Crippen LogP contribution in [0.2, 0.25) is 0 Å². The van der Waals surface area contributed by atoms with Gasteiger partial charge in [0, 0.05) is 6.42 Å². The molecule has 1 aliphatic carbocycles. The van der Waals surface area contributed by atoms with Crippen molar-refractivity contribution >= 4 is 5.78 Å². The number of rotatable bonds is 5. The number of carbonyl (C=O) groups is 1. The van der Waals surface area contributed by atoms with Crippen LogP contribution in [-0.2, 0) is 11.2 Å². The standard InChI is InChI=1S/C16H19NO4/c1-19-14-7-10(8-15(20-2)16(14)21-3)6-11-4-5-13(18)12(11)9-17/h7-8,11-12H,4-6H2,1-3H3. The lowest BCUT2D eigenvalue weighted by atomic mass is 9.90. The van der Waals surface area contributed by atoms with E-state index in [1.54, 1.807) is 21.3 Å². The van der Waals surface area contributed by atoms with Crippen molar-refractivity contribution in [2.24, 2.45) is 11.8 Å². The lowest BCUT2D eigenvalue weighted by Crippen LogP contribution is -2.14. The van der Waals surface area contributed by atoms with Crippen LogP contribution in [0.3, 0.4) is 0 Å². The minimum Gasteiger partial charge on any atom is -0.493 e. The molecule has 0 heterocycles. The molecule has 0 aliphatic heterocycles. The largest absolute Gasteiger partial charge is 0.493 e. The van der Waals surface area contributed by atoms with E-state index in [0.717, 1.165) is 12.0 Å². The van der Waals surface area contributed by atoms with Gasteiger partial charge in [0.05, 0.1) is 27.4 Å². The number of hydrogen-bond acceptors (Lipinski definition) is 5. The Bertz CT molecular complexity index is 551. The molecule has 2 rings (SSSR count). The fraction of sp³-hybridized carbons (Fsp3) is 0.500. The molecule has 5 nitrogen and oxygen atoms in total. The SMILES string of the molecule is COc1cc(CC2CCC(=O)C2C#N)cc(OC)c1OC. The Morgan fingerprint density at radius 3 is 2.29 bits per heavy atom. The molecule has 0 radical (unpaired) electrons. The average molecular weight is 289 g/mol. The Morgan fingerprint density at radius 1 is 1.19 bits per heavy atom. The summed E-state index contributed by atoms with van der Waals surface area (Å²) in [5, 5.41) is 9.13. The molecule has 1 saturated carbocycles. The summed E-state index contributed by atoms with van der Waals surface area (Å²) in [6.45, 7) is 0. The minimum absolute atomic E-state index is 0.0509. The van der Waals surface area contributed by atoms with Crippen molar-refractivity contribution in [1.29, 1.82) is 5.26 Å². The summed E-state index contributed by atoms with van der Waals surface area (Å²) in [5.74, 6) is 1.33. The third-order valence-corrected chi connectivity index (χ3v) is 3.94. The number of benzene rings is 1. The monoisotopic (exact) mass is 289 g/mol. The van der Waals surface area contributed by atoms with Crippen molar-refractivity contribution in [1.82, 2.24) is 0 Å². The maximum absolute atomic E-state index is 11.7. The van der Waals surface area contributed by atoms with E-state index >= 15 is 0 Å². The van der Waals surface area contributed by atoms with E-state index in [9.17, 15) is 4.79 Å². The fourth-order valence-corrected chi connectivity index (χ4v) is 2.87. The van der Waals surface area contributed by atoms with E-state index in [0.29, 0.717) is 30.1 Å². The van der Waals surface area contributed by atoms with E-state index in [4.69, 9.17) is 19.5 Å². The molecule has 1 aromatic carbocycles. The molecule has 1 aromatic rings. The fourth-order valence-electron chi connectivity index (χ4n) is 2.87. The van der Waals surface area contributed by atoms with Gasteiger partial charge >= 0.3 is 0 Å². The number of Topliss-reactive ketones (excluding diaryl/α,β-unsaturated/α-hetero) is 1. The van der Waals surface area contributed by atoms with Crippen LogP contribution in [0.15, 0.2) is 12.1 Å². The summed E-state index contributed by atoms with van der Waals surface area (Å²) in [6.07, 6.45) is 1.90. The lowest BCUT2D eigenvalue weighted by Gasteiger charge is -2.17. The van der Waals surface area contributed by atoms with Gasteiger partial charge in [-0.25, -0.2) is 0 Å². The Morgan fingerprint density at radius 2 is 1.81 bits per heavy atom. The molecule has 21 heavy (non-hydrogen) atoms. The molecule has 2 atom stereocenters. The van der Waals surface area contributed by atoms with Gasteiger partial charge in [0.15, 0.2) is 11.5 Å². The molecule has 0 amide bonds. The molecule has 0 N–H and O–H groups in total. The average Bonchev–Trinajstić information content (AvgIpc) is 2.85. The van der Waals surface area contributed by atoms with Gasteiger partial charge < -0.3 is 14.2 Å². The second-order valence-electron chi connectivity index (χ2n) is 5.11. The van der Waals surface area contributed by atoms with E-state index in [-0.39, 0.29) is 11.7 Å². The zero-order valence-electron chi connectivity index (χ0n) is 12.5. The van der Waals surface area contributed by atoms with Crippen LogP contribution < -0.4 is 14.2 Å². The van der Waals surface area contributed by atoms with Crippen LogP contribution in [0.1, 0.15) is 18.4 Å². The molecule has 0 bridgehead atoms. The first-order chi connectivity index (χ1) is 10.1. The number of ketones is 1. The van der Waals surface area contributed by atoms with Crippen LogP contribution in [0.4, 0.5) is 0 Å². The third kappa shape index (κ3) is 2.94. The van der Waals surface area contributed by atoms with Gasteiger partial charge in [-0.1, -0.05) is 0 Å². The molecule has 112 valence electrons. The normalized spacial score (nSPS) is 21.0. The van der Waals surface area contributed by atoms with Gasteiger partial charge in [0.2, 0.25) is 5.75 Å². The Labute approximate surface area is 124 Å². The second-order valence-corrected chi connectivity index (χ2v) is 5.11. The van der Waals surface area contributed by atoms with Crippen molar-refractivity contribution < 1.29 is 19.0 Å². The highest BCUT2D eigenvalue weighted by atomic mass is 16.5. The summed E-state index contributed by atoms with van der Waals surface area (Å²) >= 11 is 0. The molecular formula is C16H19NO4. The molecule has 2 unspecified atom stereocenters. The predicted molar refractivity (Wildman–Crippen MR) is 76.6 cm³/mol. The van der Waals surface area contributed by atoms with Gasteiger partial charge in [0.1, 0.15) is 11.7 Å². The Balaban J connectivity index is 2.29. The van der Waals surface area contributed by atoms with Gasteiger partial charge in [-0.3, -0.25) is 4.79 Å². The number of carbonyl (C=O) groups excluding carboxylic acids is 1. The smallest absolute Gasteiger partial charge is 0.203 e. The summed E-state index contributed by atoms with van der Waals surface area (Å²) in [5.41, 5.74) is 0.976. The highest BCUT2D eigenvalue weighted by Gasteiger charge is 2.34. The van der Waals surface area contributed by atoms with Gasteiger partial charge in [0.25, 0.3) is 0 Å².